The van der Waals surface area contributed by atoms with Crippen molar-refractivity contribution < 1.29 is 12.8 Å². The Kier molecular flexibility index (Phi) is 4.55. The Morgan fingerprint density at radius 1 is 1.21 bits per heavy atom. The molecule has 1 aromatic heterocycles. The lowest BCUT2D eigenvalue weighted by Crippen LogP contribution is -2.13. The van der Waals surface area contributed by atoms with E-state index in [0.29, 0.717) is 17.1 Å². The van der Waals surface area contributed by atoms with Crippen molar-refractivity contribution >= 4 is 31.6 Å². The van der Waals surface area contributed by atoms with Crippen LogP contribution in [0.3, 0.4) is 0 Å². The molecule has 0 saturated heterocycles. The molecule has 0 radical (unpaired) electrons. The molecule has 0 saturated carbocycles. The van der Waals surface area contributed by atoms with Crippen LogP contribution in [0.2, 0.25) is 0 Å². The van der Waals surface area contributed by atoms with Gasteiger partial charge < -0.3 is 10.2 Å². The highest BCUT2D eigenvalue weighted by Gasteiger charge is 2.17. The molecule has 8 heteroatoms. The number of nitrogens with zero attached hydrogens (tertiary/aromatic N) is 1. The first-order valence-electron chi connectivity index (χ1n) is 5.21. The maximum absolute atomic E-state index is 12.0. The van der Waals surface area contributed by atoms with Crippen LogP contribution >= 0.6 is 9.90 Å². The summed E-state index contributed by atoms with van der Waals surface area (Å²) in [5, 5.41) is 0. The SMILES string of the molecule is Cc1nc(NS(=O)(=O)c2ccc(N)cc2)oc1C.P. The standard InChI is InChI=1S/C11H13N3O3S.H3P/c1-7-8(2)17-11(13-7)14-18(15,16)10-5-3-9(12)4-6-10;/h3-6H,12H2,1-2H3,(H,13,14);1H3. The summed E-state index contributed by atoms with van der Waals surface area (Å²) in [6.07, 6.45) is 0. The molecule has 1 heterocycles. The van der Waals surface area contributed by atoms with Crippen molar-refractivity contribution in [1.29, 1.82) is 0 Å². The normalized spacial score (nSPS) is 10.8. The number of oxazole rings is 1. The minimum Gasteiger partial charge on any atom is -0.428 e. The number of nitrogens with two attached hydrogens (primary N) is 1. The minimum atomic E-state index is -3.70. The number of nitrogens with one attached hydrogen (secondary N) is 1. The number of hydrogen-bond acceptors (Lipinski definition) is 5. The van der Waals surface area contributed by atoms with E-state index in [1.54, 1.807) is 13.8 Å². The topological polar surface area (TPSA) is 98.2 Å². The quantitative estimate of drug-likeness (QED) is 0.664. The number of nitrogen functional groups attached to an aromatic ring is 1. The second kappa shape index (κ2) is 5.59. The zero-order valence-electron chi connectivity index (χ0n) is 10.7. The highest BCUT2D eigenvalue weighted by molar-refractivity contribution is 7.92. The van der Waals surface area contributed by atoms with Gasteiger partial charge in [-0.15, -0.1) is 0 Å². The Hall–Kier alpha value is -1.59. The lowest BCUT2D eigenvalue weighted by atomic mass is 10.3. The molecular formula is C11H16N3O3PS. The van der Waals surface area contributed by atoms with Crippen molar-refractivity contribution in [3.8, 4) is 0 Å². The van der Waals surface area contributed by atoms with Gasteiger partial charge in [-0.1, -0.05) is 0 Å². The Labute approximate surface area is 115 Å². The van der Waals surface area contributed by atoms with Crippen molar-refractivity contribution in [2.45, 2.75) is 18.7 Å². The van der Waals surface area contributed by atoms with E-state index in [9.17, 15) is 8.42 Å². The number of sulfonamides is 1. The number of hydrogen-bond donors (Lipinski definition) is 2. The molecule has 19 heavy (non-hydrogen) atoms. The highest BCUT2D eigenvalue weighted by atomic mass is 32.2. The van der Waals surface area contributed by atoms with E-state index in [1.165, 1.54) is 24.3 Å². The average molecular weight is 301 g/mol. The molecule has 1 atom stereocenters. The van der Waals surface area contributed by atoms with Gasteiger partial charge in [-0.2, -0.15) is 14.9 Å². The molecule has 0 spiro atoms. The fourth-order valence-corrected chi connectivity index (χ4v) is 2.27. The summed E-state index contributed by atoms with van der Waals surface area (Å²) in [6, 6.07) is 5.82. The summed E-state index contributed by atoms with van der Waals surface area (Å²) in [5.74, 6) is 0.574. The summed E-state index contributed by atoms with van der Waals surface area (Å²) >= 11 is 0. The molecular weight excluding hydrogens is 285 g/mol. The average Bonchev–Trinajstić information content (AvgIpc) is 2.57. The smallest absolute Gasteiger partial charge is 0.309 e. The Morgan fingerprint density at radius 3 is 2.26 bits per heavy atom. The Balaban J connectivity index is 0.00000180. The van der Waals surface area contributed by atoms with Crippen LogP contribution in [0.5, 0.6) is 0 Å². The van der Waals surface area contributed by atoms with E-state index < -0.39 is 10.0 Å². The number of aromatic nitrogens is 1. The van der Waals surface area contributed by atoms with Crippen LogP contribution in [-0.2, 0) is 10.0 Å². The first-order valence-corrected chi connectivity index (χ1v) is 6.69. The summed E-state index contributed by atoms with van der Waals surface area (Å²) in [7, 11) is -3.70. The van der Waals surface area contributed by atoms with E-state index >= 15 is 0 Å². The molecule has 2 aromatic rings. The van der Waals surface area contributed by atoms with Crippen LogP contribution in [0, 0.1) is 13.8 Å². The van der Waals surface area contributed by atoms with Crippen molar-refractivity contribution in [2.75, 3.05) is 10.5 Å². The second-order valence-electron chi connectivity index (χ2n) is 3.84. The number of benzene rings is 1. The van der Waals surface area contributed by atoms with Gasteiger partial charge >= 0.3 is 6.01 Å². The van der Waals surface area contributed by atoms with E-state index in [4.69, 9.17) is 10.2 Å². The molecule has 0 aliphatic carbocycles. The molecule has 0 aliphatic rings. The van der Waals surface area contributed by atoms with Gasteiger partial charge in [0, 0.05) is 5.69 Å². The number of aryl methyl sites for hydroxylation is 2. The van der Waals surface area contributed by atoms with E-state index in [-0.39, 0.29) is 20.8 Å². The first-order chi connectivity index (χ1) is 8.38. The van der Waals surface area contributed by atoms with Crippen molar-refractivity contribution in [1.82, 2.24) is 4.98 Å². The Morgan fingerprint density at radius 2 is 1.79 bits per heavy atom. The summed E-state index contributed by atoms with van der Waals surface area (Å²) in [5.41, 5.74) is 6.64. The predicted octanol–water partition coefficient (Wildman–Crippen LogP) is 1.73. The van der Waals surface area contributed by atoms with Crippen molar-refractivity contribution in [3.05, 3.63) is 35.7 Å². The van der Waals surface area contributed by atoms with Gasteiger partial charge in [0.05, 0.1) is 10.6 Å². The summed E-state index contributed by atoms with van der Waals surface area (Å²) in [6.45, 7) is 3.45. The van der Waals surface area contributed by atoms with E-state index in [0.717, 1.165) is 0 Å². The van der Waals surface area contributed by atoms with Gasteiger partial charge in [0.1, 0.15) is 5.76 Å². The molecule has 0 fully saturated rings. The zero-order chi connectivity index (χ0) is 13.3. The van der Waals surface area contributed by atoms with E-state index in [2.05, 4.69) is 9.71 Å². The van der Waals surface area contributed by atoms with Crippen LogP contribution in [0.15, 0.2) is 33.6 Å². The van der Waals surface area contributed by atoms with Crippen LogP contribution in [0.1, 0.15) is 11.5 Å². The fraction of sp³-hybridized carbons (Fsp3) is 0.182. The molecule has 2 rings (SSSR count). The lowest BCUT2D eigenvalue weighted by Gasteiger charge is -2.04. The van der Waals surface area contributed by atoms with Gasteiger partial charge in [0.15, 0.2) is 0 Å². The molecule has 1 aromatic carbocycles. The van der Waals surface area contributed by atoms with Crippen molar-refractivity contribution in [2.24, 2.45) is 0 Å². The molecule has 0 aliphatic heterocycles. The monoisotopic (exact) mass is 301 g/mol. The summed E-state index contributed by atoms with van der Waals surface area (Å²) in [4.78, 5) is 4.06. The zero-order valence-corrected chi connectivity index (χ0v) is 12.9. The lowest BCUT2D eigenvalue weighted by molar-refractivity contribution is 0.542. The van der Waals surface area contributed by atoms with Gasteiger partial charge in [-0.25, -0.2) is 13.1 Å². The highest BCUT2D eigenvalue weighted by Crippen LogP contribution is 2.18. The molecule has 104 valence electrons. The maximum atomic E-state index is 12.0. The van der Waals surface area contributed by atoms with E-state index in [1.807, 2.05) is 0 Å². The Bertz CT molecular complexity index is 645. The van der Waals surface area contributed by atoms with Crippen LogP contribution in [0.4, 0.5) is 11.7 Å². The molecule has 0 amide bonds. The predicted molar refractivity (Wildman–Crippen MR) is 78.7 cm³/mol. The fourth-order valence-electron chi connectivity index (χ4n) is 1.34. The first kappa shape index (κ1) is 15.5. The third kappa shape index (κ3) is 3.45. The van der Waals surface area contributed by atoms with Gasteiger partial charge in [-0.3, -0.25) is 0 Å². The van der Waals surface area contributed by atoms with Gasteiger partial charge in [0.25, 0.3) is 10.0 Å². The molecule has 3 N–H and O–H groups in total. The largest absolute Gasteiger partial charge is 0.428 e. The van der Waals surface area contributed by atoms with Crippen LogP contribution in [0.25, 0.3) is 0 Å². The number of anilines is 2. The van der Waals surface area contributed by atoms with Gasteiger partial charge in [0.2, 0.25) is 0 Å². The van der Waals surface area contributed by atoms with Crippen LogP contribution < -0.4 is 10.5 Å². The molecule has 6 nitrogen and oxygen atoms in total. The van der Waals surface area contributed by atoms with Crippen molar-refractivity contribution in [3.63, 3.8) is 0 Å². The number of rotatable bonds is 3. The summed E-state index contributed by atoms with van der Waals surface area (Å²) < 4.78 is 31.4. The third-order valence-electron chi connectivity index (χ3n) is 2.44. The van der Waals surface area contributed by atoms with Crippen LogP contribution in [-0.4, -0.2) is 13.4 Å². The maximum Gasteiger partial charge on any atom is 0.309 e. The second-order valence-corrected chi connectivity index (χ2v) is 5.52. The molecule has 0 bridgehead atoms. The third-order valence-corrected chi connectivity index (χ3v) is 3.78. The minimum absolute atomic E-state index is 0. The molecule has 1 unspecified atom stereocenters. The van der Waals surface area contributed by atoms with Gasteiger partial charge in [-0.05, 0) is 38.1 Å².